The third-order valence-corrected chi connectivity index (χ3v) is 6.35. The number of hydrogen-bond acceptors (Lipinski definition) is 5. The van der Waals surface area contributed by atoms with E-state index in [-0.39, 0.29) is 17.9 Å². The Labute approximate surface area is 178 Å². The second kappa shape index (κ2) is 7.04. The Balaban J connectivity index is 1.39. The monoisotopic (exact) mass is 420 g/mol. The van der Waals surface area contributed by atoms with Gasteiger partial charge in [0, 0.05) is 44.7 Å². The van der Waals surface area contributed by atoms with E-state index >= 15 is 0 Å². The number of hydrogen-bond donors (Lipinski definition) is 0. The first kappa shape index (κ1) is 19.5. The average molecular weight is 420 g/mol. The maximum atomic E-state index is 12.8. The first-order valence-electron chi connectivity index (χ1n) is 10.4. The van der Waals surface area contributed by atoms with Crippen molar-refractivity contribution in [2.75, 3.05) is 13.1 Å². The van der Waals surface area contributed by atoms with Gasteiger partial charge in [-0.15, -0.1) is 0 Å². The molecule has 1 fully saturated rings. The topological polar surface area (TPSA) is 95.0 Å². The maximum absolute atomic E-state index is 12.8. The Morgan fingerprint density at radius 3 is 2.55 bits per heavy atom. The van der Waals surface area contributed by atoms with Crippen molar-refractivity contribution in [3.05, 3.63) is 79.9 Å². The summed E-state index contributed by atoms with van der Waals surface area (Å²) in [5.74, 6) is 0.511. The number of aryl methyl sites for hydroxylation is 2. The molecule has 1 spiro atoms. The lowest BCUT2D eigenvalue weighted by atomic mass is 9.86. The predicted octanol–water partition coefficient (Wildman–Crippen LogP) is 0.584. The number of benzene rings is 1. The molecule has 3 aromatic rings. The van der Waals surface area contributed by atoms with Crippen LogP contribution in [0.5, 0.6) is 0 Å². The number of fused-ring (bicyclic) bond motifs is 1. The molecule has 0 bridgehead atoms. The third-order valence-electron chi connectivity index (χ3n) is 6.35. The average Bonchev–Trinajstić information content (AvgIpc) is 3.46. The standard InChI is InChI=1S/C22H24N6O3/c1-15-3-5-16(6-4-15)12-28-21(31)20(30)27-14-22(11-18(27)24-28)8-10-26(13-22)19(29)17-7-9-25(2)23-17/h3-7,9H,8,10-14H2,1-2H3/t22-/m1/s1. The van der Waals surface area contributed by atoms with Crippen LogP contribution in [0.1, 0.15) is 33.9 Å². The minimum absolute atomic E-state index is 0.104. The van der Waals surface area contributed by atoms with Gasteiger partial charge >= 0.3 is 11.1 Å². The van der Waals surface area contributed by atoms with Crippen LogP contribution < -0.4 is 11.1 Å². The van der Waals surface area contributed by atoms with E-state index in [2.05, 4.69) is 10.2 Å². The van der Waals surface area contributed by atoms with Gasteiger partial charge in [-0.25, -0.2) is 4.68 Å². The van der Waals surface area contributed by atoms with E-state index in [1.54, 1.807) is 28.9 Å². The smallest absolute Gasteiger partial charge is 0.332 e. The predicted molar refractivity (Wildman–Crippen MR) is 113 cm³/mol. The fraction of sp³-hybridized carbons (Fsp3) is 0.409. The Kier molecular flexibility index (Phi) is 4.42. The van der Waals surface area contributed by atoms with Crippen molar-refractivity contribution in [3.8, 4) is 0 Å². The highest BCUT2D eigenvalue weighted by Crippen LogP contribution is 2.39. The lowest BCUT2D eigenvalue weighted by molar-refractivity contribution is 0.0765. The zero-order chi connectivity index (χ0) is 21.8. The first-order chi connectivity index (χ1) is 14.8. The number of amides is 1. The van der Waals surface area contributed by atoms with E-state index < -0.39 is 11.1 Å². The van der Waals surface area contributed by atoms with Gasteiger partial charge in [0.05, 0.1) is 6.54 Å². The summed E-state index contributed by atoms with van der Waals surface area (Å²) in [5.41, 5.74) is 1.06. The molecule has 9 heteroatoms. The molecule has 0 saturated carbocycles. The van der Waals surface area contributed by atoms with Crippen LogP contribution in [0.15, 0.2) is 46.1 Å². The molecule has 1 atom stereocenters. The van der Waals surface area contributed by atoms with Crippen LogP contribution in [0.25, 0.3) is 0 Å². The minimum Gasteiger partial charge on any atom is -0.337 e. The zero-order valence-electron chi connectivity index (χ0n) is 17.6. The van der Waals surface area contributed by atoms with E-state index in [0.717, 1.165) is 17.5 Å². The molecule has 2 aromatic heterocycles. The summed E-state index contributed by atoms with van der Waals surface area (Å²) < 4.78 is 4.38. The van der Waals surface area contributed by atoms with Gasteiger partial charge in [0.1, 0.15) is 11.5 Å². The molecule has 4 heterocycles. The van der Waals surface area contributed by atoms with Crippen molar-refractivity contribution in [3.63, 3.8) is 0 Å². The Hall–Kier alpha value is -3.49. The van der Waals surface area contributed by atoms with Crippen molar-refractivity contribution in [2.24, 2.45) is 12.5 Å². The van der Waals surface area contributed by atoms with Crippen LogP contribution in [-0.2, 0) is 26.6 Å². The second-order valence-electron chi connectivity index (χ2n) is 8.78. The van der Waals surface area contributed by atoms with Crippen molar-refractivity contribution in [1.29, 1.82) is 0 Å². The quantitative estimate of drug-likeness (QED) is 0.578. The summed E-state index contributed by atoms with van der Waals surface area (Å²) in [6, 6.07) is 9.53. The number of carbonyl (C=O) groups is 1. The molecule has 9 nitrogen and oxygen atoms in total. The molecule has 0 aliphatic carbocycles. The summed E-state index contributed by atoms with van der Waals surface area (Å²) in [4.78, 5) is 40.0. The van der Waals surface area contributed by atoms with Crippen LogP contribution in [0.3, 0.4) is 0 Å². The first-order valence-corrected chi connectivity index (χ1v) is 10.4. The molecular formula is C22H24N6O3. The van der Waals surface area contributed by atoms with Crippen molar-refractivity contribution in [1.82, 2.24) is 29.0 Å². The lowest BCUT2D eigenvalue weighted by Crippen LogP contribution is -2.43. The highest BCUT2D eigenvalue weighted by Gasteiger charge is 2.46. The van der Waals surface area contributed by atoms with Crippen molar-refractivity contribution >= 4 is 5.91 Å². The lowest BCUT2D eigenvalue weighted by Gasteiger charge is -2.22. The van der Waals surface area contributed by atoms with Gasteiger partial charge in [-0.05, 0) is 25.0 Å². The highest BCUT2D eigenvalue weighted by molar-refractivity contribution is 5.92. The molecule has 0 radical (unpaired) electrons. The summed E-state index contributed by atoms with van der Waals surface area (Å²) >= 11 is 0. The van der Waals surface area contributed by atoms with E-state index in [4.69, 9.17) is 0 Å². The van der Waals surface area contributed by atoms with Gasteiger partial charge in [0.2, 0.25) is 0 Å². The number of likely N-dealkylation sites (tertiary alicyclic amines) is 1. The highest BCUT2D eigenvalue weighted by atomic mass is 16.2. The second-order valence-corrected chi connectivity index (χ2v) is 8.78. The summed E-state index contributed by atoms with van der Waals surface area (Å²) in [5, 5.41) is 8.74. The van der Waals surface area contributed by atoms with Gasteiger partial charge in [-0.1, -0.05) is 29.8 Å². The van der Waals surface area contributed by atoms with E-state index in [9.17, 15) is 14.4 Å². The molecule has 1 amide bonds. The summed E-state index contributed by atoms with van der Waals surface area (Å²) in [6.45, 7) is 3.81. The fourth-order valence-corrected chi connectivity index (χ4v) is 4.65. The Morgan fingerprint density at radius 1 is 1.06 bits per heavy atom. The molecule has 0 unspecified atom stereocenters. The van der Waals surface area contributed by atoms with Gasteiger partial charge in [0.25, 0.3) is 5.91 Å². The van der Waals surface area contributed by atoms with Crippen LogP contribution >= 0.6 is 0 Å². The Morgan fingerprint density at radius 2 is 1.84 bits per heavy atom. The fourth-order valence-electron chi connectivity index (χ4n) is 4.65. The molecule has 1 saturated heterocycles. The van der Waals surface area contributed by atoms with Crippen molar-refractivity contribution < 1.29 is 4.79 Å². The summed E-state index contributed by atoms with van der Waals surface area (Å²) in [7, 11) is 1.78. The number of nitrogens with zero attached hydrogens (tertiary/aromatic N) is 6. The zero-order valence-corrected chi connectivity index (χ0v) is 17.6. The molecule has 2 aliphatic heterocycles. The number of carbonyl (C=O) groups excluding carboxylic acids is 1. The van der Waals surface area contributed by atoms with Gasteiger partial charge < -0.3 is 4.90 Å². The summed E-state index contributed by atoms with van der Waals surface area (Å²) in [6.07, 6.45) is 3.08. The van der Waals surface area contributed by atoms with Crippen LogP contribution in [0, 0.1) is 12.3 Å². The number of aromatic nitrogens is 5. The Bertz CT molecular complexity index is 1290. The van der Waals surface area contributed by atoms with E-state index in [0.29, 0.717) is 37.6 Å². The largest absolute Gasteiger partial charge is 0.337 e. The number of rotatable bonds is 3. The molecule has 1 aromatic carbocycles. The molecular weight excluding hydrogens is 396 g/mol. The van der Waals surface area contributed by atoms with Crippen LogP contribution in [-0.4, -0.2) is 48.0 Å². The molecule has 2 aliphatic rings. The molecule has 5 rings (SSSR count). The van der Waals surface area contributed by atoms with Crippen LogP contribution in [0.2, 0.25) is 0 Å². The van der Waals surface area contributed by atoms with Gasteiger partial charge in [0.15, 0.2) is 0 Å². The van der Waals surface area contributed by atoms with Gasteiger partial charge in [-0.2, -0.15) is 10.2 Å². The SMILES string of the molecule is Cc1ccc(Cn2nc3n(c(=O)c2=O)C[C@]2(CCN(C(=O)c4ccn(C)n4)C2)C3)cc1. The molecule has 31 heavy (non-hydrogen) atoms. The molecule has 0 N–H and O–H groups in total. The minimum atomic E-state index is -0.610. The van der Waals surface area contributed by atoms with E-state index in [1.807, 2.05) is 31.2 Å². The maximum Gasteiger partial charge on any atom is 0.332 e. The molecule has 160 valence electrons. The van der Waals surface area contributed by atoms with E-state index in [1.165, 1.54) is 9.25 Å². The third kappa shape index (κ3) is 3.39. The normalized spacial score (nSPS) is 19.9. The van der Waals surface area contributed by atoms with Crippen LogP contribution in [0.4, 0.5) is 0 Å². The van der Waals surface area contributed by atoms with Gasteiger partial charge in [-0.3, -0.25) is 23.6 Å². The van der Waals surface area contributed by atoms with Crippen molar-refractivity contribution in [2.45, 2.75) is 32.9 Å².